The van der Waals surface area contributed by atoms with Gasteiger partial charge in [-0.2, -0.15) is 0 Å². The minimum Gasteiger partial charge on any atom is -0.388 e. The van der Waals surface area contributed by atoms with E-state index in [-0.39, 0.29) is 17.6 Å². The van der Waals surface area contributed by atoms with Crippen LogP contribution in [-0.4, -0.2) is 30.0 Å². The van der Waals surface area contributed by atoms with E-state index in [1.165, 1.54) is 5.56 Å². The zero-order valence-electron chi connectivity index (χ0n) is 13.3. The molecule has 0 amide bonds. The molecule has 0 bridgehead atoms. The van der Waals surface area contributed by atoms with Crippen molar-refractivity contribution in [2.75, 3.05) is 13.2 Å². The van der Waals surface area contributed by atoms with Gasteiger partial charge >= 0.3 is 0 Å². The Morgan fingerprint density at radius 1 is 1.38 bits per heavy atom. The van der Waals surface area contributed by atoms with Gasteiger partial charge in [-0.1, -0.05) is 41.9 Å². The molecule has 1 aromatic rings. The fourth-order valence-corrected chi connectivity index (χ4v) is 3.22. The van der Waals surface area contributed by atoms with Gasteiger partial charge in [0.1, 0.15) is 0 Å². The molecule has 1 fully saturated rings. The Morgan fingerprint density at radius 3 is 2.52 bits per heavy atom. The predicted molar refractivity (Wildman–Crippen MR) is 89.3 cm³/mol. The lowest BCUT2D eigenvalue weighted by atomic mass is 9.56. The summed E-state index contributed by atoms with van der Waals surface area (Å²) in [5.41, 5.74) is 0.312. The second kappa shape index (κ2) is 6.37. The monoisotopic (exact) mass is 355 g/mol. The first kappa shape index (κ1) is 16.9. The molecule has 1 aromatic carbocycles. The molecule has 1 saturated carbocycles. The van der Waals surface area contributed by atoms with E-state index in [4.69, 9.17) is 4.74 Å². The summed E-state index contributed by atoms with van der Waals surface area (Å²) >= 11 is 3.45. The molecular formula is C17H26BrNO2. The second-order valence-corrected chi connectivity index (χ2v) is 7.47. The summed E-state index contributed by atoms with van der Waals surface area (Å²) in [4.78, 5) is 0. The highest BCUT2D eigenvalue weighted by Gasteiger charge is 2.59. The van der Waals surface area contributed by atoms with Gasteiger partial charge in [-0.25, -0.2) is 0 Å². The number of halogens is 1. The first-order chi connectivity index (χ1) is 9.80. The lowest BCUT2D eigenvalue weighted by Crippen LogP contribution is -2.68. The van der Waals surface area contributed by atoms with Gasteiger partial charge in [0.15, 0.2) is 0 Å². The number of rotatable bonds is 6. The van der Waals surface area contributed by atoms with E-state index in [1.807, 2.05) is 19.1 Å². The molecule has 0 heterocycles. The molecule has 0 spiro atoms. The fourth-order valence-electron chi connectivity index (χ4n) is 2.95. The van der Waals surface area contributed by atoms with Crippen LogP contribution in [0.1, 0.15) is 45.7 Å². The van der Waals surface area contributed by atoms with Crippen LogP contribution in [0.3, 0.4) is 0 Å². The SMILES string of the molecule is CCO[C@@H]1C[C@](O)(CN[C@H](C)c2ccc(Br)cc2)C1(C)C. The number of aliphatic hydroxyl groups is 1. The van der Waals surface area contributed by atoms with Crippen LogP contribution < -0.4 is 5.32 Å². The highest BCUT2D eigenvalue weighted by molar-refractivity contribution is 9.10. The molecule has 0 unspecified atom stereocenters. The number of ether oxygens (including phenoxy) is 1. The van der Waals surface area contributed by atoms with Crippen LogP contribution >= 0.6 is 15.9 Å². The smallest absolute Gasteiger partial charge is 0.0871 e. The summed E-state index contributed by atoms with van der Waals surface area (Å²) in [5.74, 6) is 0. The average molecular weight is 356 g/mol. The van der Waals surface area contributed by atoms with E-state index < -0.39 is 5.60 Å². The van der Waals surface area contributed by atoms with E-state index in [9.17, 15) is 5.11 Å². The van der Waals surface area contributed by atoms with Crippen molar-refractivity contribution in [2.24, 2.45) is 5.41 Å². The number of benzene rings is 1. The molecular weight excluding hydrogens is 330 g/mol. The van der Waals surface area contributed by atoms with Gasteiger partial charge in [0, 0.05) is 35.5 Å². The summed E-state index contributed by atoms with van der Waals surface area (Å²) < 4.78 is 6.78. The Morgan fingerprint density at radius 2 is 2.00 bits per heavy atom. The van der Waals surface area contributed by atoms with Gasteiger partial charge in [-0.05, 0) is 31.5 Å². The Bertz CT molecular complexity index is 474. The van der Waals surface area contributed by atoms with E-state index in [0.717, 1.165) is 4.47 Å². The molecule has 2 rings (SSSR count). The average Bonchev–Trinajstić information content (AvgIpc) is 2.45. The lowest BCUT2D eigenvalue weighted by Gasteiger charge is -2.58. The van der Waals surface area contributed by atoms with Crippen molar-refractivity contribution >= 4 is 15.9 Å². The summed E-state index contributed by atoms with van der Waals surface area (Å²) in [6.45, 7) is 9.58. The third kappa shape index (κ3) is 3.34. The normalized spacial score (nSPS) is 29.0. The fraction of sp³-hybridized carbons (Fsp3) is 0.647. The summed E-state index contributed by atoms with van der Waals surface area (Å²) in [6, 6.07) is 8.49. The maximum Gasteiger partial charge on any atom is 0.0871 e. The standard InChI is InChI=1S/C17H26BrNO2/c1-5-21-15-10-17(20,16(15,3)4)11-19-12(2)13-6-8-14(18)9-7-13/h6-9,12,15,19-20H,5,10-11H2,1-4H3/t12-,15-,17+/m1/s1. The Hall–Kier alpha value is -0.420. The van der Waals surface area contributed by atoms with E-state index in [1.54, 1.807) is 0 Å². The van der Waals surface area contributed by atoms with Crippen molar-refractivity contribution in [3.63, 3.8) is 0 Å². The minimum atomic E-state index is -0.698. The van der Waals surface area contributed by atoms with Gasteiger partial charge in [0.25, 0.3) is 0 Å². The highest BCUT2D eigenvalue weighted by Crippen LogP contribution is 2.51. The molecule has 3 nitrogen and oxygen atoms in total. The number of hydrogen-bond acceptors (Lipinski definition) is 3. The van der Waals surface area contributed by atoms with Gasteiger partial charge < -0.3 is 15.2 Å². The van der Waals surface area contributed by atoms with Crippen molar-refractivity contribution in [2.45, 2.75) is 51.9 Å². The van der Waals surface area contributed by atoms with Crippen LogP contribution in [0.2, 0.25) is 0 Å². The third-order valence-electron chi connectivity index (χ3n) is 4.97. The molecule has 1 aliphatic carbocycles. The highest BCUT2D eigenvalue weighted by atomic mass is 79.9. The number of hydrogen-bond donors (Lipinski definition) is 2. The topological polar surface area (TPSA) is 41.5 Å². The van der Waals surface area contributed by atoms with Crippen LogP contribution in [-0.2, 0) is 4.74 Å². The van der Waals surface area contributed by atoms with Crippen LogP contribution in [0, 0.1) is 5.41 Å². The van der Waals surface area contributed by atoms with Crippen molar-refractivity contribution in [3.8, 4) is 0 Å². The van der Waals surface area contributed by atoms with Crippen molar-refractivity contribution in [1.82, 2.24) is 5.32 Å². The first-order valence-electron chi connectivity index (χ1n) is 7.63. The number of nitrogens with one attached hydrogen (secondary N) is 1. The Kier molecular flexibility index (Phi) is 5.14. The Labute approximate surface area is 136 Å². The zero-order valence-corrected chi connectivity index (χ0v) is 14.9. The Balaban J connectivity index is 1.92. The molecule has 2 N–H and O–H groups in total. The molecule has 1 aliphatic rings. The molecule has 118 valence electrons. The van der Waals surface area contributed by atoms with Crippen molar-refractivity contribution in [3.05, 3.63) is 34.3 Å². The van der Waals surface area contributed by atoms with Crippen LogP contribution in [0.5, 0.6) is 0 Å². The van der Waals surface area contributed by atoms with E-state index in [2.05, 4.69) is 54.2 Å². The van der Waals surface area contributed by atoms with Crippen molar-refractivity contribution in [1.29, 1.82) is 0 Å². The van der Waals surface area contributed by atoms with Gasteiger partial charge in [0.2, 0.25) is 0 Å². The van der Waals surface area contributed by atoms with E-state index in [0.29, 0.717) is 19.6 Å². The first-order valence-corrected chi connectivity index (χ1v) is 8.42. The van der Waals surface area contributed by atoms with Crippen molar-refractivity contribution < 1.29 is 9.84 Å². The molecule has 0 aromatic heterocycles. The summed E-state index contributed by atoms with van der Waals surface area (Å²) in [7, 11) is 0. The second-order valence-electron chi connectivity index (χ2n) is 6.56. The maximum absolute atomic E-state index is 10.8. The molecule has 21 heavy (non-hydrogen) atoms. The minimum absolute atomic E-state index is 0.150. The molecule has 0 radical (unpaired) electrons. The molecule has 4 heteroatoms. The van der Waals surface area contributed by atoms with Gasteiger partial charge in [-0.15, -0.1) is 0 Å². The van der Waals surface area contributed by atoms with Gasteiger partial charge in [0.05, 0.1) is 11.7 Å². The van der Waals surface area contributed by atoms with Crippen LogP contribution in [0.15, 0.2) is 28.7 Å². The summed E-state index contributed by atoms with van der Waals surface area (Å²) in [6.07, 6.45) is 0.853. The van der Waals surface area contributed by atoms with Crippen LogP contribution in [0.4, 0.5) is 0 Å². The lowest BCUT2D eigenvalue weighted by molar-refractivity contribution is -0.238. The quantitative estimate of drug-likeness (QED) is 0.817. The third-order valence-corrected chi connectivity index (χ3v) is 5.49. The van der Waals surface area contributed by atoms with Gasteiger partial charge in [-0.3, -0.25) is 0 Å². The maximum atomic E-state index is 10.8. The van der Waals surface area contributed by atoms with Crippen LogP contribution in [0.25, 0.3) is 0 Å². The molecule has 0 aliphatic heterocycles. The predicted octanol–water partition coefficient (Wildman–Crippen LogP) is 3.67. The molecule has 3 atom stereocenters. The zero-order chi connectivity index (χ0) is 15.7. The largest absolute Gasteiger partial charge is 0.388 e. The summed E-state index contributed by atoms with van der Waals surface area (Å²) in [5, 5.41) is 14.3. The molecule has 0 saturated heterocycles. The van der Waals surface area contributed by atoms with E-state index >= 15 is 0 Å².